The fraction of sp³-hybridized carbons (Fsp3) is 0.600. The monoisotopic (exact) mass is 194 g/mol. The molecule has 0 aliphatic rings. The summed E-state index contributed by atoms with van der Waals surface area (Å²) in [6.45, 7) is 4.00. The van der Waals surface area contributed by atoms with Crippen molar-refractivity contribution in [3.05, 3.63) is 18.2 Å². The highest BCUT2D eigenvalue weighted by Crippen LogP contribution is 1.90. The van der Waals surface area contributed by atoms with E-state index in [9.17, 15) is 0 Å². The second-order valence-corrected chi connectivity index (χ2v) is 3.06. The Bertz CT molecular complexity index is 301. The lowest BCUT2D eigenvalue weighted by atomic mass is 10.4. The molecule has 76 valence electrons. The van der Waals surface area contributed by atoms with E-state index in [1.165, 1.54) is 0 Å². The summed E-state index contributed by atoms with van der Waals surface area (Å²) in [5, 5.41) is 8.56. The first kappa shape index (κ1) is 10.7. The van der Waals surface area contributed by atoms with E-state index in [0.29, 0.717) is 13.2 Å². The SMILES string of the molecule is CCCOCCc1[nH]cc[n+]1CC#N. The fourth-order valence-electron chi connectivity index (χ4n) is 1.25. The lowest BCUT2D eigenvalue weighted by Gasteiger charge is -1.99. The van der Waals surface area contributed by atoms with Gasteiger partial charge >= 0.3 is 0 Å². The minimum absolute atomic E-state index is 0.395. The van der Waals surface area contributed by atoms with Crippen LogP contribution in [0.1, 0.15) is 19.2 Å². The lowest BCUT2D eigenvalue weighted by molar-refractivity contribution is -0.691. The van der Waals surface area contributed by atoms with Crippen molar-refractivity contribution < 1.29 is 9.30 Å². The molecule has 0 bridgehead atoms. The van der Waals surface area contributed by atoms with Crippen LogP contribution in [-0.2, 0) is 17.7 Å². The van der Waals surface area contributed by atoms with Crippen molar-refractivity contribution >= 4 is 0 Å². The van der Waals surface area contributed by atoms with Crippen molar-refractivity contribution in [3.8, 4) is 6.07 Å². The Kier molecular flexibility index (Phi) is 4.73. The number of ether oxygens (including phenoxy) is 1. The van der Waals surface area contributed by atoms with Gasteiger partial charge in [-0.2, -0.15) is 5.26 Å². The Morgan fingerprint density at radius 3 is 3.14 bits per heavy atom. The minimum Gasteiger partial charge on any atom is -0.381 e. The van der Waals surface area contributed by atoms with E-state index in [-0.39, 0.29) is 0 Å². The van der Waals surface area contributed by atoms with E-state index in [1.807, 2.05) is 17.0 Å². The predicted molar refractivity (Wildman–Crippen MR) is 51.4 cm³/mol. The van der Waals surface area contributed by atoms with Gasteiger partial charge in [-0.25, -0.2) is 9.55 Å². The molecule has 1 N–H and O–H groups in total. The van der Waals surface area contributed by atoms with E-state index in [4.69, 9.17) is 10.00 Å². The first-order chi connectivity index (χ1) is 6.88. The third-order valence-corrected chi connectivity index (χ3v) is 1.92. The van der Waals surface area contributed by atoms with E-state index in [1.54, 1.807) is 0 Å². The molecule has 0 unspecified atom stereocenters. The molecular formula is C10H16N3O+. The smallest absolute Gasteiger partial charge is 0.257 e. The molecule has 4 nitrogen and oxygen atoms in total. The molecular weight excluding hydrogens is 178 g/mol. The van der Waals surface area contributed by atoms with Crippen molar-refractivity contribution in [1.29, 1.82) is 5.26 Å². The van der Waals surface area contributed by atoms with Crippen LogP contribution in [0.15, 0.2) is 12.4 Å². The number of imidazole rings is 1. The molecule has 0 saturated carbocycles. The Hall–Kier alpha value is -1.34. The predicted octanol–water partition coefficient (Wildman–Crippen LogP) is 0.795. The fourth-order valence-corrected chi connectivity index (χ4v) is 1.25. The van der Waals surface area contributed by atoms with Gasteiger partial charge in [0, 0.05) is 6.61 Å². The van der Waals surface area contributed by atoms with Gasteiger partial charge in [0.05, 0.1) is 13.0 Å². The summed E-state index contributed by atoms with van der Waals surface area (Å²) in [7, 11) is 0. The van der Waals surface area contributed by atoms with E-state index in [2.05, 4.69) is 18.0 Å². The Morgan fingerprint density at radius 2 is 2.43 bits per heavy atom. The molecule has 1 aromatic heterocycles. The van der Waals surface area contributed by atoms with Crippen LogP contribution in [0.2, 0.25) is 0 Å². The molecule has 0 aliphatic heterocycles. The first-order valence-electron chi connectivity index (χ1n) is 4.89. The molecule has 0 fully saturated rings. The number of nitrogens with zero attached hydrogens (tertiary/aromatic N) is 2. The third kappa shape index (κ3) is 3.19. The van der Waals surface area contributed by atoms with Gasteiger partial charge in [0.15, 0.2) is 6.54 Å². The topological polar surface area (TPSA) is 52.7 Å². The highest BCUT2D eigenvalue weighted by atomic mass is 16.5. The van der Waals surface area contributed by atoms with Crippen LogP contribution >= 0.6 is 0 Å². The van der Waals surface area contributed by atoms with Gasteiger partial charge in [-0.05, 0) is 6.42 Å². The van der Waals surface area contributed by atoms with Crippen LogP contribution in [-0.4, -0.2) is 18.2 Å². The highest BCUT2D eigenvalue weighted by molar-refractivity contribution is 4.78. The maximum Gasteiger partial charge on any atom is 0.257 e. The number of rotatable bonds is 6. The Labute approximate surface area is 84.1 Å². The molecule has 0 atom stereocenters. The highest BCUT2D eigenvalue weighted by Gasteiger charge is 2.08. The zero-order valence-electron chi connectivity index (χ0n) is 8.49. The molecule has 0 aromatic carbocycles. The van der Waals surface area contributed by atoms with Crippen molar-refractivity contribution in [3.63, 3.8) is 0 Å². The molecule has 4 heteroatoms. The van der Waals surface area contributed by atoms with Crippen LogP contribution in [0, 0.1) is 11.3 Å². The summed E-state index contributed by atoms with van der Waals surface area (Å²) in [5.41, 5.74) is 0. The zero-order valence-corrected chi connectivity index (χ0v) is 8.49. The lowest BCUT2D eigenvalue weighted by Crippen LogP contribution is -2.35. The molecule has 0 saturated heterocycles. The number of aromatic nitrogens is 2. The molecule has 1 aromatic rings. The van der Waals surface area contributed by atoms with Gasteiger partial charge in [0.25, 0.3) is 5.82 Å². The summed E-state index contributed by atoms with van der Waals surface area (Å²) >= 11 is 0. The summed E-state index contributed by atoms with van der Waals surface area (Å²) < 4.78 is 7.27. The Morgan fingerprint density at radius 1 is 1.57 bits per heavy atom. The Balaban J connectivity index is 2.35. The quantitative estimate of drug-likeness (QED) is 0.538. The van der Waals surface area contributed by atoms with Gasteiger partial charge in [0.1, 0.15) is 18.5 Å². The van der Waals surface area contributed by atoms with Crippen molar-refractivity contribution in [2.24, 2.45) is 0 Å². The van der Waals surface area contributed by atoms with Gasteiger partial charge in [-0.15, -0.1) is 0 Å². The molecule has 14 heavy (non-hydrogen) atoms. The van der Waals surface area contributed by atoms with Crippen LogP contribution < -0.4 is 4.57 Å². The molecule has 1 heterocycles. The average Bonchev–Trinajstić information content (AvgIpc) is 2.61. The standard InChI is InChI=1S/C10H15N3O/c1-2-8-14-9-3-10-12-5-7-13(10)6-4-11/h5,7H,2-3,6,8-9H2,1H3/p+1. The molecule has 1 rings (SSSR count). The average molecular weight is 194 g/mol. The van der Waals surface area contributed by atoms with Crippen molar-refractivity contribution in [2.45, 2.75) is 26.3 Å². The van der Waals surface area contributed by atoms with Crippen LogP contribution in [0.4, 0.5) is 0 Å². The summed E-state index contributed by atoms with van der Waals surface area (Å²) in [6, 6.07) is 2.11. The normalized spacial score (nSPS) is 10.0. The number of H-pyrrole nitrogens is 1. The summed E-state index contributed by atoms with van der Waals surface area (Å²) in [5.74, 6) is 1.04. The maximum absolute atomic E-state index is 8.56. The summed E-state index contributed by atoms with van der Waals surface area (Å²) in [6.07, 6.45) is 5.59. The van der Waals surface area contributed by atoms with E-state index in [0.717, 1.165) is 25.3 Å². The van der Waals surface area contributed by atoms with E-state index >= 15 is 0 Å². The van der Waals surface area contributed by atoms with Crippen molar-refractivity contribution in [2.75, 3.05) is 13.2 Å². The number of aromatic amines is 1. The zero-order chi connectivity index (χ0) is 10.2. The number of nitrogens with one attached hydrogen (secondary N) is 1. The third-order valence-electron chi connectivity index (χ3n) is 1.92. The molecule has 0 radical (unpaired) electrons. The minimum atomic E-state index is 0.395. The first-order valence-corrected chi connectivity index (χ1v) is 4.89. The molecule has 0 aliphatic carbocycles. The number of nitriles is 1. The second-order valence-electron chi connectivity index (χ2n) is 3.06. The van der Waals surface area contributed by atoms with Gasteiger partial charge in [-0.1, -0.05) is 6.92 Å². The van der Waals surface area contributed by atoms with Crippen LogP contribution in [0.5, 0.6) is 0 Å². The summed E-state index contributed by atoms with van der Waals surface area (Å²) in [4.78, 5) is 3.10. The van der Waals surface area contributed by atoms with Gasteiger partial charge < -0.3 is 4.74 Å². The molecule has 0 spiro atoms. The second kappa shape index (κ2) is 6.17. The van der Waals surface area contributed by atoms with Gasteiger partial charge in [-0.3, -0.25) is 0 Å². The largest absolute Gasteiger partial charge is 0.381 e. The van der Waals surface area contributed by atoms with Crippen LogP contribution in [0.25, 0.3) is 0 Å². The van der Waals surface area contributed by atoms with Crippen molar-refractivity contribution in [1.82, 2.24) is 4.98 Å². The van der Waals surface area contributed by atoms with Gasteiger partial charge in [0.2, 0.25) is 0 Å². The number of hydrogen-bond donors (Lipinski definition) is 1. The van der Waals surface area contributed by atoms with Crippen LogP contribution in [0.3, 0.4) is 0 Å². The number of hydrogen-bond acceptors (Lipinski definition) is 2. The van der Waals surface area contributed by atoms with E-state index < -0.39 is 0 Å². The molecule has 0 amide bonds. The maximum atomic E-state index is 8.56.